The van der Waals surface area contributed by atoms with Crippen molar-refractivity contribution >= 4 is 11.9 Å². The van der Waals surface area contributed by atoms with Gasteiger partial charge in [0, 0.05) is 52.0 Å². The highest BCUT2D eigenvalue weighted by atomic mass is 16.8. The number of benzene rings is 1. The Hall–Kier alpha value is -3.13. The Balaban J connectivity index is 1.37. The first-order valence-corrected chi connectivity index (χ1v) is 12.8. The van der Waals surface area contributed by atoms with Crippen LogP contribution in [0.3, 0.4) is 0 Å². The van der Waals surface area contributed by atoms with E-state index < -0.39 is 23.8 Å². The first kappa shape index (κ1) is 25.9. The minimum absolute atomic E-state index is 0.00805. The quantitative estimate of drug-likeness (QED) is 0.456. The lowest BCUT2D eigenvalue weighted by Crippen LogP contribution is -2.48. The Labute approximate surface area is 212 Å². The van der Waals surface area contributed by atoms with Gasteiger partial charge in [0.05, 0.1) is 12.5 Å². The molecule has 2 atom stereocenters. The summed E-state index contributed by atoms with van der Waals surface area (Å²) in [6, 6.07) is 13.6. The van der Waals surface area contributed by atoms with Gasteiger partial charge in [-0.15, -0.1) is 0 Å². The number of ether oxygens (including phenoxy) is 4. The van der Waals surface area contributed by atoms with Gasteiger partial charge in [-0.1, -0.05) is 18.2 Å². The molecule has 0 saturated carbocycles. The molecule has 0 bridgehead atoms. The number of hydrogen-bond donors (Lipinski definition) is 0. The monoisotopic (exact) mass is 496 g/mol. The number of carbonyl (C=O) groups excluding carboxylic acids is 2. The Morgan fingerprint density at radius 1 is 1.17 bits per heavy atom. The normalized spacial score (nSPS) is 20.6. The zero-order valence-corrected chi connectivity index (χ0v) is 21.4. The van der Waals surface area contributed by atoms with Gasteiger partial charge in [0.2, 0.25) is 17.6 Å². The van der Waals surface area contributed by atoms with E-state index in [9.17, 15) is 9.59 Å². The van der Waals surface area contributed by atoms with Gasteiger partial charge in [0.1, 0.15) is 11.9 Å². The lowest BCUT2D eigenvalue weighted by Gasteiger charge is -2.35. The van der Waals surface area contributed by atoms with Gasteiger partial charge in [-0.3, -0.25) is 4.79 Å². The van der Waals surface area contributed by atoms with Crippen molar-refractivity contribution in [3.8, 4) is 11.6 Å². The molecule has 2 aliphatic rings. The standard InChI is InChI=1S/C28H36N2O6/c1-4-33-21-13-11-20(12-14-21)8-7-9-23(25-27(32)36-28(2,3)35-25)26(31)30-18-15-22(16-19-30)34-24-10-5-6-17-29-24/h5-6,10-14,17,22-23,25H,4,7-9,15-16,18-19H2,1-3H3/t23-,25+/m1/s1. The first-order valence-electron chi connectivity index (χ1n) is 12.8. The van der Waals surface area contributed by atoms with Gasteiger partial charge in [0.15, 0.2) is 6.10 Å². The molecule has 0 N–H and O–H groups in total. The summed E-state index contributed by atoms with van der Waals surface area (Å²) in [4.78, 5) is 32.3. The van der Waals surface area contributed by atoms with Crippen molar-refractivity contribution in [1.29, 1.82) is 0 Å². The largest absolute Gasteiger partial charge is 0.494 e. The van der Waals surface area contributed by atoms with Crippen LogP contribution in [0.5, 0.6) is 11.6 Å². The van der Waals surface area contributed by atoms with Crippen LogP contribution in [0.15, 0.2) is 48.7 Å². The molecule has 0 unspecified atom stereocenters. The molecule has 2 fully saturated rings. The summed E-state index contributed by atoms with van der Waals surface area (Å²) in [5.74, 6) is -0.702. The van der Waals surface area contributed by atoms with E-state index >= 15 is 0 Å². The predicted molar refractivity (Wildman–Crippen MR) is 134 cm³/mol. The van der Waals surface area contributed by atoms with Crippen LogP contribution >= 0.6 is 0 Å². The van der Waals surface area contributed by atoms with E-state index in [0.29, 0.717) is 44.8 Å². The lowest BCUT2D eigenvalue weighted by atomic mass is 9.92. The molecule has 36 heavy (non-hydrogen) atoms. The van der Waals surface area contributed by atoms with E-state index in [0.717, 1.165) is 24.2 Å². The molecule has 8 nitrogen and oxygen atoms in total. The third-order valence-electron chi connectivity index (χ3n) is 6.57. The Morgan fingerprint density at radius 2 is 1.92 bits per heavy atom. The van der Waals surface area contributed by atoms with E-state index in [2.05, 4.69) is 4.98 Å². The van der Waals surface area contributed by atoms with Crippen LogP contribution in [0, 0.1) is 5.92 Å². The number of amides is 1. The zero-order chi connectivity index (χ0) is 25.5. The fourth-order valence-electron chi connectivity index (χ4n) is 4.79. The van der Waals surface area contributed by atoms with E-state index in [4.69, 9.17) is 18.9 Å². The van der Waals surface area contributed by atoms with Gasteiger partial charge in [-0.25, -0.2) is 9.78 Å². The Morgan fingerprint density at radius 3 is 2.53 bits per heavy atom. The van der Waals surface area contributed by atoms with Crippen LogP contribution in [0.2, 0.25) is 0 Å². The molecule has 4 rings (SSSR count). The van der Waals surface area contributed by atoms with Crippen molar-refractivity contribution in [2.24, 2.45) is 5.92 Å². The number of aryl methyl sites for hydroxylation is 1. The lowest BCUT2D eigenvalue weighted by molar-refractivity contribution is -0.163. The van der Waals surface area contributed by atoms with Crippen molar-refractivity contribution in [1.82, 2.24) is 9.88 Å². The highest BCUT2D eigenvalue weighted by molar-refractivity contribution is 5.87. The minimum atomic E-state index is -1.03. The Kier molecular flexibility index (Phi) is 8.46. The van der Waals surface area contributed by atoms with Gasteiger partial charge >= 0.3 is 5.97 Å². The topological polar surface area (TPSA) is 87.2 Å². The summed E-state index contributed by atoms with van der Waals surface area (Å²) < 4.78 is 22.8. The molecule has 1 amide bonds. The summed E-state index contributed by atoms with van der Waals surface area (Å²) in [7, 11) is 0. The highest BCUT2D eigenvalue weighted by Crippen LogP contribution is 2.32. The third kappa shape index (κ3) is 6.75. The third-order valence-corrected chi connectivity index (χ3v) is 6.57. The molecule has 0 radical (unpaired) electrons. The van der Waals surface area contributed by atoms with Crippen LogP contribution in [0.4, 0.5) is 0 Å². The number of piperidine rings is 1. The number of carbonyl (C=O) groups is 2. The zero-order valence-electron chi connectivity index (χ0n) is 21.4. The number of nitrogens with zero attached hydrogens (tertiary/aromatic N) is 2. The first-order chi connectivity index (χ1) is 17.3. The summed E-state index contributed by atoms with van der Waals surface area (Å²) >= 11 is 0. The van der Waals surface area contributed by atoms with E-state index in [-0.39, 0.29) is 12.0 Å². The van der Waals surface area contributed by atoms with Crippen LogP contribution in [-0.4, -0.2) is 59.5 Å². The van der Waals surface area contributed by atoms with E-state index in [1.807, 2.05) is 54.3 Å². The molecule has 2 aliphatic heterocycles. The summed E-state index contributed by atoms with van der Waals surface area (Å²) in [5, 5.41) is 0. The van der Waals surface area contributed by atoms with E-state index in [1.165, 1.54) is 0 Å². The molecule has 3 heterocycles. The van der Waals surface area contributed by atoms with E-state index in [1.54, 1.807) is 20.0 Å². The molecule has 0 spiro atoms. The molecule has 0 aliphatic carbocycles. The fourth-order valence-corrected chi connectivity index (χ4v) is 4.79. The number of hydrogen-bond acceptors (Lipinski definition) is 7. The van der Waals surface area contributed by atoms with Crippen molar-refractivity contribution in [3.63, 3.8) is 0 Å². The summed E-state index contributed by atoms with van der Waals surface area (Å²) in [6.45, 7) is 7.12. The van der Waals surface area contributed by atoms with Gasteiger partial charge in [-0.2, -0.15) is 0 Å². The SMILES string of the molecule is CCOc1ccc(CCC[C@@H](C(=O)N2CCC(Oc3ccccn3)CC2)[C@@H]2OC(C)(C)OC2=O)cc1. The molecule has 1 aromatic carbocycles. The maximum atomic E-state index is 13.6. The molecule has 8 heteroatoms. The number of esters is 1. The minimum Gasteiger partial charge on any atom is -0.494 e. The molecule has 1 aromatic heterocycles. The Bertz CT molecular complexity index is 1000. The predicted octanol–water partition coefficient (Wildman–Crippen LogP) is 4.17. The van der Waals surface area contributed by atoms with Crippen molar-refractivity contribution < 1.29 is 28.5 Å². The van der Waals surface area contributed by atoms with Gasteiger partial charge in [0.25, 0.3) is 0 Å². The van der Waals surface area contributed by atoms with Gasteiger partial charge in [-0.05, 0) is 49.9 Å². The second-order valence-corrected chi connectivity index (χ2v) is 9.75. The molecular formula is C28H36N2O6. The summed E-state index contributed by atoms with van der Waals surface area (Å²) in [6.07, 6.45) is 4.31. The molecule has 2 saturated heterocycles. The number of pyridine rings is 1. The molecular weight excluding hydrogens is 460 g/mol. The average Bonchev–Trinajstić information content (AvgIpc) is 3.15. The van der Waals surface area contributed by atoms with Crippen molar-refractivity contribution in [3.05, 3.63) is 54.2 Å². The van der Waals surface area contributed by atoms with Gasteiger partial charge < -0.3 is 23.8 Å². The smallest absolute Gasteiger partial charge is 0.338 e. The van der Waals surface area contributed by atoms with Crippen LogP contribution < -0.4 is 9.47 Å². The van der Waals surface area contributed by atoms with Crippen molar-refractivity contribution in [2.45, 2.75) is 70.9 Å². The number of likely N-dealkylation sites (tertiary alicyclic amines) is 1. The fraction of sp³-hybridized carbons (Fsp3) is 0.536. The molecule has 2 aromatic rings. The van der Waals surface area contributed by atoms with Crippen molar-refractivity contribution in [2.75, 3.05) is 19.7 Å². The number of aromatic nitrogens is 1. The maximum Gasteiger partial charge on any atom is 0.338 e. The van der Waals surface area contributed by atoms with Crippen LogP contribution in [-0.2, 0) is 25.5 Å². The molecule has 194 valence electrons. The number of rotatable bonds is 10. The maximum absolute atomic E-state index is 13.6. The van der Waals surface area contributed by atoms with Crippen LogP contribution in [0.25, 0.3) is 0 Å². The average molecular weight is 497 g/mol. The number of cyclic esters (lactones) is 1. The second kappa shape index (κ2) is 11.7. The van der Waals surface area contributed by atoms with Crippen LogP contribution in [0.1, 0.15) is 52.0 Å². The highest BCUT2D eigenvalue weighted by Gasteiger charge is 2.48. The summed E-state index contributed by atoms with van der Waals surface area (Å²) in [5.41, 5.74) is 1.16. The second-order valence-electron chi connectivity index (χ2n) is 9.75.